The lowest BCUT2D eigenvalue weighted by Crippen LogP contribution is -2.09. The number of unbranched alkanes of at least 4 members (excludes halogenated alkanes) is 7. The van der Waals surface area contributed by atoms with E-state index in [1.807, 2.05) is 6.92 Å². The molecular weight excluding hydrogens is 276 g/mol. The third-order valence-electron chi connectivity index (χ3n) is 4.04. The second-order valence-electron chi connectivity index (χ2n) is 6.74. The number of ether oxygens (including phenoxy) is 2. The maximum atomic E-state index is 9.29. The van der Waals surface area contributed by atoms with E-state index in [2.05, 4.69) is 13.8 Å². The van der Waals surface area contributed by atoms with Crippen molar-refractivity contribution in [2.24, 2.45) is 5.92 Å². The smallest absolute Gasteiger partial charge is 0.146 e. The minimum atomic E-state index is -0.189. The van der Waals surface area contributed by atoms with Crippen molar-refractivity contribution in [3.63, 3.8) is 0 Å². The van der Waals surface area contributed by atoms with E-state index < -0.39 is 0 Å². The van der Waals surface area contributed by atoms with Gasteiger partial charge in [0.15, 0.2) is 0 Å². The van der Waals surface area contributed by atoms with Crippen LogP contribution in [0.15, 0.2) is 0 Å². The molecular formula is C19H40O3. The van der Waals surface area contributed by atoms with Gasteiger partial charge in [-0.25, -0.2) is 0 Å². The van der Waals surface area contributed by atoms with E-state index in [9.17, 15) is 5.11 Å². The molecule has 1 N–H and O–H groups in total. The molecule has 0 spiro atoms. The number of hydrogen-bond donors (Lipinski definition) is 1. The Bertz CT molecular complexity index is 207. The molecule has 2 atom stereocenters. The molecule has 0 heterocycles. The van der Waals surface area contributed by atoms with E-state index in [0.29, 0.717) is 12.7 Å². The summed E-state index contributed by atoms with van der Waals surface area (Å²) in [6.07, 6.45) is 13.5. The lowest BCUT2D eigenvalue weighted by atomic mass is 9.99. The Hall–Kier alpha value is -0.120. The van der Waals surface area contributed by atoms with Gasteiger partial charge in [0.1, 0.15) is 6.79 Å². The van der Waals surface area contributed by atoms with Crippen molar-refractivity contribution in [1.29, 1.82) is 0 Å². The SMILES string of the molecule is CCCCCCCCCCOCOCCCC(C)CC(C)O. The lowest BCUT2D eigenvalue weighted by Gasteiger charge is -2.13. The highest BCUT2D eigenvalue weighted by molar-refractivity contribution is 4.57. The Kier molecular flexibility index (Phi) is 17.1. The maximum Gasteiger partial charge on any atom is 0.146 e. The van der Waals surface area contributed by atoms with Gasteiger partial charge in [-0.05, 0) is 38.5 Å². The Balaban J connectivity index is 3.05. The van der Waals surface area contributed by atoms with Crippen LogP contribution in [0.3, 0.4) is 0 Å². The summed E-state index contributed by atoms with van der Waals surface area (Å²) in [5.74, 6) is 0.571. The molecule has 3 heteroatoms. The summed E-state index contributed by atoms with van der Waals surface area (Å²) in [5.41, 5.74) is 0. The molecule has 22 heavy (non-hydrogen) atoms. The Labute approximate surface area is 138 Å². The van der Waals surface area contributed by atoms with Gasteiger partial charge < -0.3 is 14.6 Å². The monoisotopic (exact) mass is 316 g/mol. The first kappa shape index (κ1) is 21.9. The van der Waals surface area contributed by atoms with Crippen molar-refractivity contribution in [1.82, 2.24) is 0 Å². The fourth-order valence-corrected chi connectivity index (χ4v) is 2.75. The molecule has 0 aliphatic rings. The van der Waals surface area contributed by atoms with Gasteiger partial charge in [0.25, 0.3) is 0 Å². The first-order chi connectivity index (χ1) is 10.7. The van der Waals surface area contributed by atoms with Crippen LogP contribution >= 0.6 is 0 Å². The molecule has 0 amide bonds. The highest BCUT2D eigenvalue weighted by atomic mass is 16.7. The fraction of sp³-hybridized carbons (Fsp3) is 1.00. The number of hydrogen-bond acceptors (Lipinski definition) is 3. The summed E-state index contributed by atoms with van der Waals surface area (Å²) in [4.78, 5) is 0. The first-order valence-corrected chi connectivity index (χ1v) is 9.50. The van der Waals surface area contributed by atoms with E-state index in [1.54, 1.807) is 0 Å². The summed E-state index contributed by atoms with van der Waals surface area (Å²) in [7, 11) is 0. The molecule has 2 unspecified atom stereocenters. The molecule has 0 aromatic heterocycles. The van der Waals surface area contributed by atoms with Crippen LogP contribution in [0.4, 0.5) is 0 Å². The van der Waals surface area contributed by atoms with Crippen LogP contribution in [-0.2, 0) is 9.47 Å². The van der Waals surface area contributed by atoms with Crippen LogP contribution in [-0.4, -0.2) is 31.2 Å². The molecule has 0 rings (SSSR count). The highest BCUT2D eigenvalue weighted by Crippen LogP contribution is 2.12. The molecule has 0 bridgehead atoms. The quantitative estimate of drug-likeness (QED) is 0.292. The molecule has 0 aliphatic heterocycles. The van der Waals surface area contributed by atoms with Gasteiger partial charge in [-0.15, -0.1) is 0 Å². The largest absolute Gasteiger partial charge is 0.393 e. The van der Waals surface area contributed by atoms with Crippen molar-refractivity contribution in [2.75, 3.05) is 20.0 Å². The molecule has 134 valence electrons. The second kappa shape index (κ2) is 17.2. The van der Waals surface area contributed by atoms with E-state index in [0.717, 1.165) is 38.9 Å². The third kappa shape index (κ3) is 17.9. The van der Waals surface area contributed by atoms with Crippen LogP contribution in [0, 0.1) is 5.92 Å². The molecule has 0 aliphatic carbocycles. The zero-order valence-electron chi connectivity index (χ0n) is 15.3. The van der Waals surface area contributed by atoms with E-state index in [4.69, 9.17) is 9.47 Å². The van der Waals surface area contributed by atoms with Gasteiger partial charge in [0, 0.05) is 13.2 Å². The van der Waals surface area contributed by atoms with Crippen LogP contribution in [0.1, 0.15) is 91.4 Å². The van der Waals surface area contributed by atoms with Crippen LogP contribution < -0.4 is 0 Å². The number of aliphatic hydroxyl groups is 1. The molecule has 0 radical (unpaired) electrons. The van der Waals surface area contributed by atoms with Gasteiger partial charge in [-0.1, -0.05) is 58.8 Å². The molecule has 0 aromatic rings. The van der Waals surface area contributed by atoms with Gasteiger partial charge in [0.05, 0.1) is 6.10 Å². The normalized spacial score (nSPS) is 14.2. The molecule has 0 saturated carbocycles. The van der Waals surface area contributed by atoms with Crippen molar-refractivity contribution < 1.29 is 14.6 Å². The summed E-state index contributed by atoms with van der Waals surface area (Å²) >= 11 is 0. The molecule has 0 aromatic carbocycles. The van der Waals surface area contributed by atoms with Gasteiger partial charge in [-0.2, -0.15) is 0 Å². The van der Waals surface area contributed by atoms with Gasteiger partial charge >= 0.3 is 0 Å². The van der Waals surface area contributed by atoms with Crippen molar-refractivity contribution in [3.05, 3.63) is 0 Å². The van der Waals surface area contributed by atoms with E-state index in [1.165, 1.54) is 44.9 Å². The highest BCUT2D eigenvalue weighted by Gasteiger charge is 2.05. The Morgan fingerprint density at radius 1 is 0.773 bits per heavy atom. The Morgan fingerprint density at radius 2 is 1.32 bits per heavy atom. The fourth-order valence-electron chi connectivity index (χ4n) is 2.75. The predicted octanol–water partition coefficient (Wildman–Crippen LogP) is 5.31. The maximum absolute atomic E-state index is 9.29. The number of rotatable bonds is 17. The van der Waals surface area contributed by atoms with Crippen LogP contribution in [0.25, 0.3) is 0 Å². The van der Waals surface area contributed by atoms with Crippen molar-refractivity contribution >= 4 is 0 Å². The summed E-state index contributed by atoms with van der Waals surface area (Å²) < 4.78 is 11.0. The summed E-state index contributed by atoms with van der Waals surface area (Å²) in [6, 6.07) is 0. The minimum Gasteiger partial charge on any atom is -0.393 e. The minimum absolute atomic E-state index is 0.189. The second-order valence-corrected chi connectivity index (χ2v) is 6.74. The zero-order valence-corrected chi connectivity index (χ0v) is 15.3. The molecule has 3 nitrogen and oxygen atoms in total. The third-order valence-corrected chi connectivity index (χ3v) is 4.04. The van der Waals surface area contributed by atoms with Gasteiger partial charge in [0.2, 0.25) is 0 Å². The average molecular weight is 317 g/mol. The van der Waals surface area contributed by atoms with Gasteiger partial charge in [-0.3, -0.25) is 0 Å². The first-order valence-electron chi connectivity index (χ1n) is 9.50. The standard InChI is InChI=1S/C19H40O3/c1-4-5-6-7-8-9-10-11-14-21-17-22-15-12-13-18(2)16-19(3)20/h18-20H,4-17H2,1-3H3. The molecule has 0 fully saturated rings. The summed E-state index contributed by atoms with van der Waals surface area (Å²) in [5, 5.41) is 9.29. The van der Waals surface area contributed by atoms with E-state index in [-0.39, 0.29) is 6.10 Å². The average Bonchev–Trinajstić information content (AvgIpc) is 2.47. The Morgan fingerprint density at radius 3 is 1.91 bits per heavy atom. The molecule has 0 saturated heterocycles. The number of aliphatic hydroxyl groups excluding tert-OH is 1. The van der Waals surface area contributed by atoms with E-state index >= 15 is 0 Å². The van der Waals surface area contributed by atoms with Crippen molar-refractivity contribution in [2.45, 2.75) is 97.5 Å². The lowest BCUT2D eigenvalue weighted by molar-refractivity contribution is -0.0562. The topological polar surface area (TPSA) is 38.7 Å². The zero-order chi connectivity index (χ0) is 16.5. The predicted molar refractivity (Wildman–Crippen MR) is 94.1 cm³/mol. The van der Waals surface area contributed by atoms with Crippen LogP contribution in [0.2, 0.25) is 0 Å². The summed E-state index contributed by atoms with van der Waals surface area (Å²) in [6.45, 7) is 8.32. The van der Waals surface area contributed by atoms with Crippen LogP contribution in [0.5, 0.6) is 0 Å². The van der Waals surface area contributed by atoms with Crippen molar-refractivity contribution in [3.8, 4) is 0 Å².